The van der Waals surface area contributed by atoms with E-state index in [0.29, 0.717) is 25.3 Å². The van der Waals surface area contributed by atoms with Crippen LogP contribution in [0.4, 0.5) is 0 Å². The fourth-order valence-corrected chi connectivity index (χ4v) is 3.13. The van der Waals surface area contributed by atoms with Crippen LogP contribution in [0, 0.1) is 5.92 Å². The first kappa shape index (κ1) is 15.7. The molecule has 1 atom stereocenters. The van der Waals surface area contributed by atoms with Crippen LogP contribution in [-0.2, 0) is 16.1 Å². The van der Waals surface area contributed by atoms with Crippen LogP contribution in [-0.4, -0.2) is 66.4 Å². The molecule has 0 bridgehead atoms. The molecule has 3 heterocycles. The number of rotatable bonds is 5. The summed E-state index contributed by atoms with van der Waals surface area (Å²) in [7, 11) is 3.62. The molecule has 0 spiro atoms. The van der Waals surface area contributed by atoms with E-state index in [4.69, 9.17) is 4.74 Å². The zero-order valence-electron chi connectivity index (χ0n) is 13.5. The molecule has 23 heavy (non-hydrogen) atoms. The van der Waals surface area contributed by atoms with E-state index >= 15 is 0 Å². The number of hydrogen-bond donors (Lipinski definition) is 1. The van der Waals surface area contributed by atoms with Crippen molar-refractivity contribution in [1.82, 2.24) is 20.1 Å². The average Bonchev–Trinajstić information content (AvgIpc) is 2.91. The molecule has 1 aromatic heterocycles. The Kier molecular flexibility index (Phi) is 4.47. The van der Waals surface area contributed by atoms with E-state index < -0.39 is 0 Å². The van der Waals surface area contributed by atoms with Gasteiger partial charge in [0.05, 0.1) is 31.3 Å². The van der Waals surface area contributed by atoms with Crippen molar-refractivity contribution >= 4 is 11.8 Å². The van der Waals surface area contributed by atoms with Crippen LogP contribution in [0.3, 0.4) is 0 Å². The number of carbonyl (C=O) groups excluding carboxylic acids is 2. The fraction of sp³-hybridized carbons (Fsp3) is 0.562. The van der Waals surface area contributed by atoms with Crippen molar-refractivity contribution in [2.45, 2.75) is 19.0 Å². The molecule has 124 valence electrons. The summed E-state index contributed by atoms with van der Waals surface area (Å²) in [5.41, 5.74) is 0.736. The van der Waals surface area contributed by atoms with Gasteiger partial charge >= 0.3 is 0 Å². The topological polar surface area (TPSA) is 74.8 Å². The number of amides is 2. The second-order valence-corrected chi connectivity index (χ2v) is 6.23. The summed E-state index contributed by atoms with van der Waals surface area (Å²) < 4.78 is 5.14. The van der Waals surface area contributed by atoms with Crippen molar-refractivity contribution in [1.29, 1.82) is 0 Å². The lowest BCUT2D eigenvalue weighted by Gasteiger charge is -2.42. The highest BCUT2D eigenvalue weighted by molar-refractivity contribution is 5.89. The van der Waals surface area contributed by atoms with Gasteiger partial charge in [0, 0.05) is 38.3 Å². The van der Waals surface area contributed by atoms with E-state index in [1.165, 1.54) is 0 Å². The summed E-state index contributed by atoms with van der Waals surface area (Å²) in [5.74, 6) is 0.445. The predicted molar refractivity (Wildman–Crippen MR) is 83.7 cm³/mol. The lowest BCUT2D eigenvalue weighted by atomic mass is 10.1. The number of carbonyl (C=O) groups is 2. The van der Waals surface area contributed by atoms with Crippen molar-refractivity contribution in [2.75, 3.05) is 33.8 Å². The first-order valence-corrected chi connectivity index (χ1v) is 7.81. The molecule has 2 saturated heterocycles. The van der Waals surface area contributed by atoms with E-state index in [1.54, 1.807) is 25.4 Å². The van der Waals surface area contributed by atoms with Crippen molar-refractivity contribution in [3.63, 3.8) is 0 Å². The van der Waals surface area contributed by atoms with Gasteiger partial charge in [0.1, 0.15) is 5.75 Å². The summed E-state index contributed by atoms with van der Waals surface area (Å²) >= 11 is 0. The molecule has 0 saturated carbocycles. The minimum atomic E-state index is -0.265. The Hall–Kier alpha value is -2.15. The monoisotopic (exact) mass is 318 g/mol. The molecule has 7 nitrogen and oxygen atoms in total. The molecule has 2 amide bonds. The molecule has 0 radical (unpaired) electrons. The highest BCUT2D eigenvalue weighted by Gasteiger charge is 2.41. The molecule has 2 aliphatic rings. The third-order valence-corrected chi connectivity index (χ3v) is 4.48. The number of aromatic nitrogens is 1. The molecular weight excluding hydrogens is 296 g/mol. The lowest BCUT2D eigenvalue weighted by molar-refractivity contribution is -0.132. The molecule has 1 aromatic rings. The molecule has 3 rings (SSSR count). The Bertz CT molecular complexity index is 601. The fourth-order valence-electron chi connectivity index (χ4n) is 3.13. The van der Waals surface area contributed by atoms with Crippen molar-refractivity contribution in [2.24, 2.45) is 5.92 Å². The van der Waals surface area contributed by atoms with Crippen LogP contribution in [0.15, 0.2) is 18.3 Å². The summed E-state index contributed by atoms with van der Waals surface area (Å²) in [6, 6.07) is 3.82. The zero-order chi connectivity index (χ0) is 16.4. The van der Waals surface area contributed by atoms with Gasteiger partial charge in [-0.25, -0.2) is 0 Å². The normalized spacial score (nSPS) is 22.1. The number of likely N-dealkylation sites (tertiary alicyclic amines) is 2. The van der Waals surface area contributed by atoms with Crippen LogP contribution in [0.5, 0.6) is 5.75 Å². The average molecular weight is 318 g/mol. The maximum absolute atomic E-state index is 12.3. The maximum atomic E-state index is 12.3. The first-order valence-electron chi connectivity index (χ1n) is 7.81. The predicted octanol–water partition coefficient (Wildman–Crippen LogP) is -0.131. The number of pyridine rings is 1. The Morgan fingerprint density at radius 3 is 2.91 bits per heavy atom. The van der Waals surface area contributed by atoms with E-state index in [1.807, 2.05) is 11.9 Å². The Labute approximate surface area is 135 Å². The highest BCUT2D eigenvalue weighted by atomic mass is 16.5. The number of ether oxygens (including phenoxy) is 1. The summed E-state index contributed by atoms with van der Waals surface area (Å²) in [6.45, 7) is 2.66. The van der Waals surface area contributed by atoms with Crippen LogP contribution < -0.4 is 10.1 Å². The van der Waals surface area contributed by atoms with Crippen LogP contribution in [0.2, 0.25) is 0 Å². The Balaban J connectivity index is 1.51. The number of nitrogens with zero attached hydrogens (tertiary/aromatic N) is 3. The number of nitrogens with one attached hydrogen (secondary N) is 1. The van der Waals surface area contributed by atoms with Crippen LogP contribution in [0.25, 0.3) is 0 Å². The van der Waals surface area contributed by atoms with Gasteiger partial charge in [0.25, 0.3) is 0 Å². The first-order chi connectivity index (χ1) is 11.1. The summed E-state index contributed by atoms with van der Waals surface area (Å²) in [4.78, 5) is 32.6. The molecule has 7 heteroatoms. The second-order valence-electron chi connectivity index (χ2n) is 6.23. The van der Waals surface area contributed by atoms with Gasteiger partial charge in [-0.1, -0.05) is 0 Å². The number of hydrogen-bond acceptors (Lipinski definition) is 5. The SMILES string of the molecule is COc1ccnc(CNC(=O)C2CC(=O)N(C3CN(C)C3)C2)c1. The van der Waals surface area contributed by atoms with Gasteiger partial charge in [0.2, 0.25) is 11.8 Å². The van der Waals surface area contributed by atoms with Crippen molar-refractivity contribution in [3.8, 4) is 5.75 Å². The van der Waals surface area contributed by atoms with Gasteiger partial charge < -0.3 is 19.9 Å². The summed E-state index contributed by atoms with van der Waals surface area (Å²) in [6.07, 6.45) is 1.95. The standard InChI is InChI=1S/C16H22N4O3/c1-19-9-13(10-19)20-8-11(5-15(20)21)16(22)18-7-12-6-14(23-2)3-4-17-12/h3-4,6,11,13H,5,7-10H2,1-2H3,(H,18,22). The largest absolute Gasteiger partial charge is 0.497 e. The van der Waals surface area contributed by atoms with Crippen LogP contribution in [0.1, 0.15) is 12.1 Å². The number of methoxy groups -OCH3 is 1. The molecule has 1 N–H and O–H groups in total. The van der Waals surface area contributed by atoms with Gasteiger partial charge in [-0.2, -0.15) is 0 Å². The van der Waals surface area contributed by atoms with Crippen molar-refractivity contribution in [3.05, 3.63) is 24.0 Å². The molecule has 0 aliphatic carbocycles. The molecule has 2 aliphatic heterocycles. The molecule has 1 unspecified atom stereocenters. The molecule has 0 aromatic carbocycles. The number of likely N-dealkylation sites (N-methyl/N-ethyl adjacent to an activating group) is 1. The Morgan fingerprint density at radius 2 is 2.22 bits per heavy atom. The maximum Gasteiger partial charge on any atom is 0.225 e. The molecule has 2 fully saturated rings. The third-order valence-electron chi connectivity index (χ3n) is 4.48. The summed E-state index contributed by atoms with van der Waals surface area (Å²) in [5, 5.41) is 2.87. The van der Waals surface area contributed by atoms with Crippen LogP contribution >= 0.6 is 0 Å². The quantitative estimate of drug-likeness (QED) is 0.818. The molecular formula is C16H22N4O3. The van der Waals surface area contributed by atoms with Gasteiger partial charge in [-0.3, -0.25) is 14.6 Å². The van der Waals surface area contributed by atoms with Gasteiger partial charge in [-0.15, -0.1) is 0 Å². The Morgan fingerprint density at radius 1 is 1.43 bits per heavy atom. The van der Waals surface area contributed by atoms with Crippen molar-refractivity contribution < 1.29 is 14.3 Å². The van der Waals surface area contributed by atoms with E-state index in [0.717, 1.165) is 18.8 Å². The van der Waals surface area contributed by atoms with E-state index in [2.05, 4.69) is 15.2 Å². The minimum Gasteiger partial charge on any atom is -0.497 e. The lowest BCUT2D eigenvalue weighted by Crippen LogP contribution is -2.58. The van der Waals surface area contributed by atoms with E-state index in [-0.39, 0.29) is 23.8 Å². The zero-order valence-corrected chi connectivity index (χ0v) is 13.5. The highest BCUT2D eigenvalue weighted by Crippen LogP contribution is 2.24. The second kappa shape index (κ2) is 6.54. The van der Waals surface area contributed by atoms with Gasteiger partial charge in [-0.05, 0) is 13.1 Å². The van der Waals surface area contributed by atoms with Gasteiger partial charge in [0.15, 0.2) is 0 Å². The third kappa shape index (κ3) is 3.44. The minimum absolute atomic E-state index is 0.0850. The smallest absolute Gasteiger partial charge is 0.225 e. The van der Waals surface area contributed by atoms with E-state index in [9.17, 15) is 9.59 Å².